The van der Waals surface area contributed by atoms with Gasteiger partial charge >= 0.3 is 39.5 Å². The fourth-order valence-corrected chi connectivity index (χ4v) is 13.1. The highest BCUT2D eigenvalue weighted by Gasteiger charge is 2.30. The molecular formula is C76H148O17P2. The Morgan fingerprint density at radius 3 is 0.747 bits per heavy atom. The standard InChI is InChI=1S/C76H148O17P2/c1-9-68(7)54-46-38-29-25-21-17-14-15-18-22-26-30-40-48-56-73(78)86-62-72(93-76(81)59-51-43-35-33-39-47-55-69(8)10-2)65-91-95(84,85)89-61-70(77)60-88-94(82,83)90-64-71(63-87-74(79)57-49-41-34-32-37-45-53-67(5)6)92-75(80)58-50-42-31-27-23-19-13-11-12-16-20-24-28-36-44-52-66(3)4/h66-72,77H,9-65H2,1-8H3,(H,82,83)(H,84,85)/t68?,69?,70?,71-,72-/m1/s1. The third-order valence-electron chi connectivity index (χ3n) is 18.3. The number of carbonyl (C=O) groups excluding carboxylic acids is 4. The van der Waals surface area contributed by atoms with Crippen LogP contribution in [0.5, 0.6) is 0 Å². The molecule has 0 heterocycles. The van der Waals surface area contributed by atoms with Crippen LogP contribution in [0.15, 0.2) is 0 Å². The number of carbonyl (C=O) groups is 4. The van der Waals surface area contributed by atoms with Crippen LogP contribution >= 0.6 is 15.6 Å². The van der Waals surface area contributed by atoms with Gasteiger partial charge in [-0.3, -0.25) is 37.3 Å². The first-order chi connectivity index (χ1) is 45.7. The normalized spacial score (nSPS) is 14.7. The SMILES string of the molecule is CCC(C)CCCCCCCCCCCCCCCCC(=O)OC[C@H](COP(=O)(O)OCC(O)COP(=O)(O)OC[C@@H](COC(=O)CCCCCCCCC(C)C)OC(=O)CCCCCCCCCCCCCCCCCC(C)C)OC(=O)CCCCCCCCC(C)CC. The molecule has 0 radical (unpaired) electrons. The molecule has 0 saturated heterocycles. The number of ether oxygens (including phenoxy) is 4. The molecule has 0 aliphatic carbocycles. The van der Waals surface area contributed by atoms with Gasteiger partial charge in [-0.25, -0.2) is 9.13 Å². The average Bonchev–Trinajstić information content (AvgIpc) is 2.53. The monoisotopic (exact) mass is 1400 g/mol. The Hall–Kier alpha value is -1.94. The Balaban J connectivity index is 5.17. The van der Waals surface area contributed by atoms with Crippen LogP contribution in [-0.4, -0.2) is 96.7 Å². The van der Waals surface area contributed by atoms with Gasteiger partial charge in [0, 0.05) is 25.7 Å². The highest BCUT2D eigenvalue weighted by Crippen LogP contribution is 2.45. The van der Waals surface area contributed by atoms with Gasteiger partial charge in [0.25, 0.3) is 0 Å². The summed E-state index contributed by atoms with van der Waals surface area (Å²) in [5.41, 5.74) is 0. The van der Waals surface area contributed by atoms with Gasteiger partial charge in [0.1, 0.15) is 19.3 Å². The Morgan fingerprint density at radius 2 is 0.505 bits per heavy atom. The van der Waals surface area contributed by atoms with E-state index in [1.807, 2.05) is 0 Å². The zero-order valence-electron chi connectivity index (χ0n) is 62.3. The van der Waals surface area contributed by atoms with E-state index in [2.05, 4.69) is 55.4 Å². The highest BCUT2D eigenvalue weighted by molar-refractivity contribution is 7.47. The van der Waals surface area contributed by atoms with Gasteiger partial charge in [0.15, 0.2) is 12.2 Å². The molecule has 0 bridgehead atoms. The van der Waals surface area contributed by atoms with Crippen molar-refractivity contribution in [2.24, 2.45) is 23.7 Å². The Labute approximate surface area is 581 Å². The minimum Gasteiger partial charge on any atom is -0.462 e. The number of unbranched alkanes of at least 4 members (excludes halogenated alkanes) is 37. The van der Waals surface area contributed by atoms with Crippen molar-refractivity contribution in [1.82, 2.24) is 0 Å². The van der Waals surface area contributed by atoms with Crippen molar-refractivity contribution in [3.05, 3.63) is 0 Å². The predicted molar refractivity (Wildman–Crippen MR) is 386 cm³/mol. The van der Waals surface area contributed by atoms with E-state index in [0.717, 1.165) is 114 Å². The first-order valence-electron chi connectivity index (χ1n) is 39.3. The van der Waals surface area contributed by atoms with Gasteiger partial charge in [-0.05, 0) is 49.4 Å². The van der Waals surface area contributed by atoms with E-state index in [1.165, 1.54) is 180 Å². The largest absolute Gasteiger partial charge is 0.472 e. The molecule has 0 fully saturated rings. The predicted octanol–water partition coefficient (Wildman–Crippen LogP) is 22.0. The summed E-state index contributed by atoms with van der Waals surface area (Å²) in [4.78, 5) is 72.7. The lowest BCUT2D eigenvalue weighted by molar-refractivity contribution is -0.161. The van der Waals surface area contributed by atoms with Crippen molar-refractivity contribution in [1.29, 1.82) is 0 Å². The summed E-state index contributed by atoms with van der Waals surface area (Å²) in [5, 5.41) is 10.6. The van der Waals surface area contributed by atoms with Crippen LogP contribution in [0.3, 0.4) is 0 Å². The van der Waals surface area contributed by atoms with Crippen LogP contribution in [0.2, 0.25) is 0 Å². The average molecular weight is 1400 g/mol. The van der Waals surface area contributed by atoms with Crippen LogP contribution in [-0.2, 0) is 65.4 Å². The van der Waals surface area contributed by atoms with E-state index in [0.29, 0.717) is 31.6 Å². The van der Waals surface area contributed by atoms with Crippen LogP contribution in [0.1, 0.15) is 383 Å². The smallest absolute Gasteiger partial charge is 0.462 e. The molecule has 0 aliphatic rings. The second-order valence-electron chi connectivity index (χ2n) is 28.8. The second kappa shape index (κ2) is 65.4. The van der Waals surface area contributed by atoms with Crippen LogP contribution in [0.4, 0.5) is 0 Å². The number of phosphoric ester groups is 2. The van der Waals surface area contributed by atoms with E-state index < -0.39 is 97.5 Å². The summed E-state index contributed by atoms with van der Waals surface area (Å²) in [6.07, 6.45) is 50.2. The van der Waals surface area contributed by atoms with Gasteiger partial charge in [-0.1, -0.05) is 331 Å². The molecule has 19 heteroatoms. The van der Waals surface area contributed by atoms with Gasteiger partial charge < -0.3 is 33.8 Å². The third-order valence-corrected chi connectivity index (χ3v) is 20.2. The lowest BCUT2D eigenvalue weighted by Gasteiger charge is -2.21. The van der Waals surface area contributed by atoms with Crippen molar-refractivity contribution >= 4 is 39.5 Å². The van der Waals surface area contributed by atoms with E-state index in [9.17, 15) is 43.2 Å². The highest BCUT2D eigenvalue weighted by atomic mass is 31.2. The quantitative estimate of drug-likeness (QED) is 0.0222. The zero-order valence-corrected chi connectivity index (χ0v) is 64.1. The number of aliphatic hydroxyl groups excluding tert-OH is 1. The van der Waals surface area contributed by atoms with Crippen LogP contribution < -0.4 is 0 Å². The van der Waals surface area contributed by atoms with Crippen molar-refractivity contribution in [2.75, 3.05) is 39.6 Å². The fourth-order valence-electron chi connectivity index (χ4n) is 11.5. The number of hydrogen-bond donors (Lipinski definition) is 3. The van der Waals surface area contributed by atoms with Crippen LogP contribution in [0, 0.1) is 23.7 Å². The Morgan fingerprint density at radius 1 is 0.295 bits per heavy atom. The molecule has 17 nitrogen and oxygen atoms in total. The molecule has 95 heavy (non-hydrogen) atoms. The third kappa shape index (κ3) is 67.6. The molecule has 564 valence electrons. The number of aliphatic hydroxyl groups is 1. The lowest BCUT2D eigenvalue weighted by Crippen LogP contribution is -2.30. The minimum atomic E-state index is -4.96. The molecule has 0 spiro atoms. The maximum atomic E-state index is 13.1. The molecule has 0 saturated carbocycles. The van der Waals surface area contributed by atoms with Crippen molar-refractivity contribution < 1.29 is 80.2 Å². The molecule has 3 N–H and O–H groups in total. The summed E-state index contributed by atoms with van der Waals surface area (Å²) in [6, 6.07) is 0. The van der Waals surface area contributed by atoms with E-state index >= 15 is 0 Å². The Kier molecular flexibility index (Phi) is 64.0. The first kappa shape index (κ1) is 93.1. The maximum absolute atomic E-state index is 13.1. The summed E-state index contributed by atoms with van der Waals surface area (Å²) in [7, 11) is -9.91. The van der Waals surface area contributed by atoms with Gasteiger partial charge in [0.2, 0.25) is 0 Å². The second-order valence-corrected chi connectivity index (χ2v) is 31.7. The maximum Gasteiger partial charge on any atom is 0.472 e. The molecule has 0 aliphatic heterocycles. The van der Waals surface area contributed by atoms with Gasteiger partial charge in [0.05, 0.1) is 26.4 Å². The van der Waals surface area contributed by atoms with Crippen molar-refractivity contribution in [3.8, 4) is 0 Å². The number of phosphoric acid groups is 2. The van der Waals surface area contributed by atoms with Crippen molar-refractivity contribution in [2.45, 2.75) is 401 Å². The number of esters is 4. The summed E-state index contributed by atoms with van der Waals surface area (Å²) in [6.45, 7) is 14.2. The molecule has 7 atom stereocenters. The van der Waals surface area contributed by atoms with Gasteiger partial charge in [-0.2, -0.15) is 0 Å². The Bertz CT molecular complexity index is 1870. The zero-order chi connectivity index (χ0) is 70.3. The van der Waals surface area contributed by atoms with Gasteiger partial charge in [-0.15, -0.1) is 0 Å². The summed E-state index contributed by atoms with van der Waals surface area (Å²) in [5.74, 6) is 0.926. The van der Waals surface area contributed by atoms with E-state index in [-0.39, 0.29) is 25.7 Å². The topological polar surface area (TPSA) is 237 Å². The fraction of sp³-hybridized carbons (Fsp3) is 0.947. The van der Waals surface area contributed by atoms with Crippen molar-refractivity contribution in [3.63, 3.8) is 0 Å². The lowest BCUT2D eigenvalue weighted by atomic mass is 9.99. The van der Waals surface area contributed by atoms with E-state index in [1.54, 1.807) is 0 Å². The van der Waals surface area contributed by atoms with Crippen LogP contribution in [0.25, 0.3) is 0 Å². The number of hydrogen-bond acceptors (Lipinski definition) is 15. The van der Waals surface area contributed by atoms with E-state index in [4.69, 9.17) is 37.0 Å². The molecule has 0 rings (SSSR count). The molecule has 0 aromatic rings. The molecular weight excluding hydrogens is 1250 g/mol. The summed E-state index contributed by atoms with van der Waals surface area (Å²) >= 11 is 0. The molecule has 0 aromatic heterocycles. The number of rotatable bonds is 73. The molecule has 5 unspecified atom stereocenters. The molecule has 0 amide bonds. The molecule has 0 aromatic carbocycles. The summed E-state index contributed by atoms with van der Waals surface area (Å²) < 4.78 is 68.4. The first-order valence-corrected chi connectivity index (χ1v) is 42.3. The minimum absolute atomic E-state index is 0.103.